The van der Waals surface area contributed by atoms with Crippen LogP contribution < -0.4 is 14.8 Å². The first-order valence-electron chi connectivity index (χ1n) is 9.85. The number of anilines is 2. The van der Waals surface area contributed by atoms with Crippen molar-refractivity contribution >= 4 is 38.3 Å². The van der Waals surface area contributed by atoms with Gasteiger partial charge in [-0.25, -0.2) is 13.4 Å². The van der Waals surface area contributed by atoms with E-state index < -0.39 is 10.0 Å². The number of nitrogens with zero attached hydrogens (tertiary/aromatic N) is 2. The molecule has 0 radical (unpaired) electrons. The molecule has 2 heterocycles. The summed E-state index contributed by atoms with van der Waals surface area (Å²) in [6.07, 6.45) is 4.39. The number of carbonyl (C=O) groups is 1. The number of aryl methyl sites for hydroxylation is 2. The number of nitrogens with one attached hydrogen (secondary N) is 2. The monoisotopic (exact) mass is 428 g/mol. The smallest absolute Gasteiger partial charge is 0.261 e. The Morgan fingerprint density at radius 3 is 2.73 bits per heavy atom. The summed E-state index contributed by atoms with van der Waals surface area (Å²) in [7, 11) is -2.41. The van der Waals surface area contributed by atoms with Crippen molar-refractivity contribution in [2.45, 2.75) is 44.0 Å². The average Bonchev–Trinajstić information content (AvgIpc) is 2.87. The van der Waals surface area contributed by atoms with Gasteiger partial charge in [0, 0.05) is 19.9 Å². The van der Waals surface area contributed by atoms with Gasteiger partial charge in [-0.3, -0.25) is 9.52 Å². The van der Waals surface area contributed by atoms with Gasteiger partial charge in [0.15, 0.2) is 0 Å². The van der Waals surface area contributed by atoms with Gasteiger partial charge < -0.3 is 14.6 Å². The molecule has 1 aromatic heterocycles. The van der Waals surface area contributed by atoms with Crippen molar-refractivity contribution in [3.05, 3.63) is 42.2 Å². The molecule has 0 saturated carbocycles. The lowest BCUT2D eigenvalue weighted by Gasteiger charge is -2.13. The van der Waals surface area contributed by atoms with Crippen LogP contribution in [0, 0.1) is 0 Å². The van der Waals surface area contributed by atoms with Crippen LogP contribution in [0.4, 0.5) is 11.4 Å². The molecular formula is C21H24N4O4S. The van der Waals surface area contributed by atoms with E-state index in [1.165, 1.54) is 38.7 Å². The molecule has 0 unspecified atom stereocenters. The predicted molar refractivity (Wildman–Crippen MR) is 115 cm³/mol. The molecular weight excluding hydrogens is 404 g/mol. The zero-order chi connectivity index (χ0) is 21.3. The van der Waals surface area contributed by atoms with Crippen molar-refractivity contribution in [2.24, 2.45) is 0 Å². The molecule has 1 aliphatic heterocycles. The Kier molecular flexibility index (Phi) is 5.38. The maximum Gasteiger partial charge on any atom is 0.261 e. The molecule has 0 aliphatic carbocycles. The van der Waals surface area contributed by atoms with E-state index in [9.17, 15) is 13.2 Å². The molecule has 9 heteroatoms. The molecule has 0 fully saturated rings. The van der Waals surface area contributed by atoms with E-state index in [4.69, 9.17) is 9.72 Å². The largest absolute Gasteiger partial charge is 0.495 e. The zero-order valence-electron chi connectivity index (χ0n) is 16.9. The molecule has 3 aromatic rings. The molecule has 1 amide bonds. The van der Waals surface area contributed by atoms with Crippen LogP contribution in [-0.2, 0) is 27.8 Å². The third kappa shape index (κ3) is 3.97. The van der Waals surface area contributed by atoms with Gasteiger partial charge in [0.05, 0.1) is 34.4 Å². The number of imidazole rings is 1. The van der Waals surface area contributed by atoms with Gasteiger partial charge in [0.1, 0.15) is 11.6 Å². The topological polar surface area (TPSA) is 102 Å². The summed E-state index contributed by atoms with van der Waals surface area (Å²) < 4.78 is 35.9. The van der Waals surface area contributed by atoms with Gasteiger partial charge in [0.2, 0.25) is 5.91 Å². The number of amides is 1. The minimum atomic E-state index is -3.86. The Balaban J connectivity index is 1.64. The van der Waals surface area contributed by atoms with Gasteiger partial charge in [-0.05, 0) is 49.2 Å². The molecule has 30 heavy (non-hydrogen) atoms. The molecule has 1 aliphatic rings. The number of sulfonamides is 1. The Morgan fingerprint density at radius 2 is 1.97 bits per heavy atom. The van der Waals surface area contributed by atoms with Crippen LogP contribution in [0.1, 0.15) is 32.0 Å². The highest BCUT2D eigenvalue weighted by Crippen LogP contribution is 2.29. The Labute approximate surface area is 175 Å². The van der Waals surface area contributed by atoms with Crippen molar-refractivity contribution in [1.82, 2.24) is 9.55 Å². The molecule has 8 nitrogen and oxygen atoms in total. The lowest BCUT2D eigenvalue weighted by Crippen LogP contribution is -2.14. The van der Waals surface area contributed by atoms with Crippen LogP contribution in [0.5, 0.6) is 5.75 Å². The molecule has 2 aromatic carbocycles. The second-order valence-electron chi connectivity index (χ2n) is 7.34. The highest BCUT2D eigenvalue weighted by atomic mass is 32.2. The maximum absolute atomic E-state index is 12.9. The van der Waals surface area contributed by atoms with Crippen molar-refractivity contribution in [3.8, 4) is 5.75 Å². The second-order valence-corrected chi connectivity index (χ2v) is 9.03. The van der Waals surface area contributed by atoms with E-state index in [0.717, 1.165) is 42.7 Å². The fourth-order valence-corrected chi connectivity index (χ4v) is 4.84. The van der Waals surface area contributed by atoms with Crippen LogP contribution in [-0.4, -0.2) is 31.0 Å². The fourth-order valence-electron chi connectivity index (χ4n) is 3.77. The number of hydrogen-bond donors (Lipinski definition) is 2. The standard InChI is InChI=1S/C21H24N4O4S/c1-14(26)22-18-13-16(8-10-20(18)29-2)30(27,28)24-15-7-9-19-17(12-15)23-21-6-4-3-5-11-25(19)21/h7-10,12-13,24H,3-6,11H2,1-2H3,(H,22,26). The highest BCUT2D eigenvalue weighted by molar-refractivity contribution is 7.92. The van der Waals surface area contributed by atoms with E-state index in [-0.39, 0.29) is 10.8 Å². The van der Waals surface area contributed by atoms with E-state index in [1.54, 1.807) is 12.1 Å². The summed E-state index contributed by atoms with van der Waals surface area (Å²) in [4.78, 5) is 16.2. The van der Waals surface area contributed by atoms with E-state index in [1.807, 2.05) is 6.07 Å². The third-order valence-electron chi connectivity index (χ3n) is 5.15. The van der Waals surface area contributed by atoms with Crippen LogP contribution in [0.15, 0.2) is 41.3 Å². The first-order valence-corrected chi connectivity index (χ1v) is 11.3. The number of fused-ring (bicyclic) bond motifs is 3. The van der Waals surface area contributed by atoms with E-state index in [2.05, 4.69) is 14.6 Å². The first-order chi connectivity index (χ1) is 14.4. The SMILES string of the molecule is COc1ccc(S(=O)(=O)Nc2ccc3c(c2)nc2n3CCCCC2)cc1NC(C)=O. The number of benzene rings is 2. The number of ether oxygens (including phenoxy) is 1. The summed E-state index contributed by atoms with van der Waals surface area (Å²) in [5.74, 6) is 1.11. The highest BCUT2D eigenvalue weighted by Gasteiger charge is 2.19. The molecule has 0 spiro atoms. The number of carbonyl (C=O) groups excluding carboxylic acids is 1. The molecule has 4 rings (SSSR count). The molecule has 158 valence electrons. The van der Waals surface area contributed by atoms with Crippen molar-refractivity contribution in [2.75, 3.05) is 17.1 Å². The van der Waals surface area contributed by atoms with Gasteiger partial charge in [-0.1, -0.05) is 6.42 Å². The van der Waals surface area contributed by atoms with Gasteiger partial charge in [-0.2, -0.15) is 0 Å². The minimum absolute atomic E-state index is 0.0211. The van der Waals surface area contributed by atoms with Gasteiger partial charge in [0.25, 0.3) is 10.0 Å². The number of hydrogen-bond acceptors (Lipinski definition) is 5. The number of aromatic nitrogens is 2. The first kappa shape index (κ1) is 20.2. The number of methoxy groups -OCH3 is 1. The summed E-state index contributed by atoms with van der Waals surface area (Å²) in [6, 6.07) is 9.73. The fraction of sp³-hybridized carbons (Fsp3) is 0.333. The Bertz CT molecular complexity index is 1220. The summed E-state index contributed by atoms with van der Waals surface area (Å²) in [5, 5.41) is 2.59. The predicted octanol–water partition coefficient (Wildman–Crippen LogP) is 3.53. The lowest BCUT2D eigenvalue weighted by atomic mass is 10.2. The molecule has 0 atom stereocenters. The molecule has 0 saturated heterocycles. The van der Waals surface area contributed by atoms with Crippen molar-refractivity contribution in [1.29, 1.82) is 0 Å². The molecule has 2 N–H and O–H groups in total. The van der Waals surface area contributed by atoms with Crippen LogP contribution in [0.3, 0.4) is 0 Å². The Hall–Kier alpha value is -3.07. The second kappa shape index (κ2) is 7.98. The van der Waals surface area contributed by atoms with Crippen LogP contribution >= 0.6 is 0 Å². The quantitative estimate of drug-likeness (QED) is 0.647. The third-order valence-corrected chi connectivity index (χ3v) is 6.53. The van der Waals surface area contributed by atoms with Crippen molar-refractivity contribution < 1.29 is 17.9 Å². The Morgan fingerprint density at radius 1 is 1.13 bits per heavy atom. The summed E-state index contributed by atoms with van der Waals surface area (Å²) in [5.41, 5.74) is 2.53. The summed E-state index contributed by atoms with van der Waals surface area (Å²) >= 11 is 0. The maximum atomic E-state index is 12.9. The lowest BCUT2D eigenvalue weighted by molar-refractivity contribution is -0.114. The van der Waals surface area contributed by atoms with E-state index >= 15 is 0 Å². The van der Waals surface area contributed by atoms with Crippen LogP contribution in [0.2, 0.25) is 0 Å². The van der Waals surface area contributed by atoms with Gasteiger partial charge >= 0.3 is 0 Å². The summed E-state index contributed by atoms with van der Waals surface area (Å²) in [6.45, 7) is 2.29. The van der Waals surface area contributed by atoms with Crippen LogP contribution in [0.25, 0.3) is 11.0 Å². The van der Waals surface area contributed by atoms with E-state index in [0.29, 0.717) is 17.1 Å². The number of rotatable bonds is 5. The zero-order valence-corrected chi connectivity index (χ0v) is 17.8. The molecule has 0 bridgehead atoms. The minimum Gasteiger partial charge on any atom is -0.495 e. The van der Waals surface area contributed by atoms with Gasteiger partial charge in [-0.15, -0.1) is 0 Å². The normalized spacial score (nSPS) is 14.1. The van der Waals surface area contributed by atoms with Crippen molar-refractivity contribution in [3.63, 3.8) is 0 Å². The average molecular weight is 429 g/mol.